The predicted molar refractivity (Wildman–Crippen MR) is 156 cm³/mol. The highest BCUT2D eigenvalue weighted by atomic mass is 32.2. The summed E-state index contributed by atoms with van der Waals surface area (Å²) in [6, 6.07) is 15.1. The molecule has 0 fully saturated rings. The van der Waals surface area contributed by atoms with Crippen LogP contribution in [-0.4, -0.2) is 95.5 Å². The van der Waals surface area contributed by atoms with Crippen molar-refractivity contribution in [3.8, 4) is 22.9 Å². The molecule has 0 amide bonds. The van der Waals surface area contributed by atoms with Crippen LogP contribution in [0, 0.1) is 0 Å². The molecule has 0 aliphatic carbocycles. The first-order valence-corrected chi connectivity index (χ1v) is 15.8. The van der Waals surface area contributed by atoms with Crippen LogP contribution in [0.25, 0.3) is 11.4 Å². The third-order valence-electron chi connectivity index (χ3n) is 6.52. The Kier molecular flexibility index (Phi) is 10.1. The van der Waals surface area contributed by atoms with Crippen molar-refractivity contribution in [2.45, 2.75) is 22.9 Å². The van der Waals surface area contributed by atoms with Gasteiger partial charge in [-0.25, -0.2) is 16.8 Å². The van der Waals surface area contributed by atoms with E-state index in [1.165, 1.54) is 80.9 Å². The molecule has 0 saturated carbocycles. The lowest BCUT2D eigenvalue weighted by molar-refractivity contribution is -0.138. The van der Waals surface area contributed by atoms with Crippen LogP contribution in [0.2, 0.25) is 0 Å². The van der Waals surface area contributed by atoms with Gasteiger partial charge in [0.2, 0.25) is 25.9 Å². The summed E-state index contributed by atoms with van der Waals surface area (Å²) in [4.78, 5) is 23.2. The SMILES string of the molecule is COc1ccc(S(=O)(=O)N(CC(=O)O)Cc2ccc(-c3nn[nH]n3)cc2CN(CC(=O)O)S(=O)(=O)c2ccc(OC)cc2)cc1. The van der Waals surface area contributed by atoms with Gasteiger partial charge in [-0.15, -0.1) is 10.2 Å². The Morgan fingerprint density at radius 2 is 1.20 bits per heavy atom. The molecule has 45 heavy (non-hydrogen) atoms. The normalized spacial score (nSPS) is 11.9. The molecular weight excluding hydrogens is 632 g/mol. The molecule has 1 aromatic heterocycles. The number of hydrogen-bond acceptors (Lipinski definition) is 11. The number of aromatic nitrogens is 4. The monoisotopic (exact) mass is 660 g/mol. The molecule has 0 aliphatic heterocycles. The number of tetrazole rings is 1. The molecule has 0 bridgehead atoms. The van der Waals surface area contributed by atoms with Gasteiger partial charge in [0.25, 0.3) is 0 Å². The van der Waals surface area contributed by atoms with E-state index in [1.54, 1.807) is 0 Å². The second-order valence-corrected chi connectivity index (χ2v) is 13.3. The summed E-state index contributed by atoms with van der Waals surface area (Å²) >= 11 is 0. The van der Waals surface area contributed by atoms with Crippen molar-refractivity contribution < 1.29 is 46.1 Å². The van der Waals surface area contributed by atoms with Crippen LogP contribution >= 0.6 is 0 Å². The minimum absolute atomic E-state index is 0.124. The number of aliphatic carboxylic acids is 2. The first-order chi connectivity index (χ1) is 21.3. The fraction of sp³-hybridized carbons (Fsp3) is 0.222. The number of hydrogen-bond donors (Lipinski definition) is 3. The molecule has 18 heteroatoms. The van der Waals surface area contributed by atoms with Crippen molar-refractivity contribution in [3.63, 3.8) is 0 Å². The second kappa shape index (κ2) is 13.8. The first-order valence-electron chi connectivity index (χ1n) is 12.9. The van der Waals surface area contributed by atoms with Gasteiger partial charge < -0.3 is 19.7 Å². The number of carbonyl (C=O) groups is 2. The summed E-state index contributed by atoms with van der Waals surface area (Å²) in [5.41, 5.74) is 0.708. The van der Waals surface area contributed by atoms with Crippen LogP contribution in [0.3, 0.4) is 0 Å². The predicted octanol–water partition coefficient (Wildman–Crippen LogP) is 1.43. The van der Waals surface area contributed by atoms with Gasteiger partial charge in [0.05, 0.1) is 24.0 Å². The molecule has 0 unspecified atom stereocenters. The zero-order chi connectivity index (χ0) is 32.8. The molecule has 16 nitrogen and oxygen atoms in total. The Hall–Kier alpha value is -4.91. The van der Waals surface area contributed by atoms with Crippen LogP contribution in [-0.2, 0) is 42.7 Å². The van der Waals surface area contributed by atoms with Gasteiger partial charge in [0.1, 0.15) is 24.6 Å². The van der Waals surface area contributed by atoms with Crippen molar-refractivity contribution in [2.75, 3.05) is 27.3 Å². The Morgan fingerprint density at radius 1 is 0.733 bits per heavy atom. The van der Waals surface area contributed by atoms with E-state index >= 15 is 0 Å². The summed E-state index contributed by atoms with van der Waals surface area (Å²) in [5.74, 6) is -2.00. The average Bonchev–Trinajstić information content (AvgIpc) is 3.56. The number of ether oxygens (including phenoxy) is 2. The zero-order valence-corrected chi connectivity index (χ0v) is 25.5. The van der Waals surface area contributed by atoms with Gasteiger partial charge in [0.15, 0.2) is 0 Å². The van der Waals surface area contributed by atoms with Gasteiger partial charge in [-0.1, -0.05) is 12.1 Å². The molecule has 238 valence electrons. The van der Waals surface area contributed by atoms with Crippen LogP contribution in [0.1, 0.15) is 11.1 Å². The number of carboxylic acid groups (broad SMARTS) is 2. The number of sulfonamides is 2. The fourth-order valence-corrected chi connectivity index (χ4v) is 7.01. The molecule has 0 atom stereocenters. The van der Waals surface area contributed by atoms with E-state index in [0.29, 0.717) is 25.7 Å². The lowest BCUT2D eigenvalue weighted by Gasteiger charge is -2.25. The molecule has 0 aliphatic rings. The standard InChI is InChI=1S/C27H28N6O10S2/c1-42-21-5-9-23(10-6-21)44(38,39)32(16-25(34)35)14-19-4-3-18(27-28-30-31-29-27)13-20(19)15-33(17-26(36)37)45(40,41)24-11-7-22(43-2)8-12-24/h3-13H,14-17H2,1-2H3,(H,34,35)(H,36,37)(H,28,29,30,31). The van der Waals surface area contributed by atoms with E-state index in [0.717, 1.165) is 0 Å². The lowest BCUT2D eigenvalue weighted by atomic mass is 10.0. The van der Waals surface area contributed by atoms with E-state index in [2.05, 4.69) is 20.6 Å². The van der Waals surface area contributed by atoms with E-state index in [9.17, 15) is 36.6 Å². The highest BCUT2D eigenvalue weighted by Crippen LogP contribution is 2.28. The van der Waals surface area contributed by atoms with Gasteiger partial charge >= 0.3 is 11.9 Å². The molecule has 0 spiro atoms. The first kappa shape index (κ1) is 33.0. The Labute approximate surface area is 257 Å². The summed E-state index contributed by atoms with van der Waals surface area (Å²) < 4.78 is 66.1. The van der Waals surface area contributed by atoms with Gasteiger partial charge in [-0.05, 0) is 70.9 Å². The molecule has 3 N–H and O–H groups in total. The van der Waals surface area contributed by atoms with Crippen molar-refractivity contribution in [1.82, 2.24) is 29.2 Å². The molecule has 4 rings (SSSR count). The molecule has 4 aromatic rings. The van der Waals surface area contributed by atoms with Crippen LogP contribution in [0.15, 0.2) is 76.5 Å². The van der Waals surface area contributed by atoms with Crippen LogP contribution in [0.5, 0.6) is 11.5 Å². The number of H-pyrrole nitrogens is 1. The molecular formula is C27H28N6O10S2. The van der Waals surface area contributed by atoms with Gasteiger partial charge in [0, 0.05) is 18.7 Å². The maximum absolute atomic E-state index is 13.6. The van der Waals surface area contributed by atoms with Crippen LogP contribution in [0.4, 0.5) is 0 Å². The molecule has 1 heterocycles. The number of nitrogens with zero attached hydrogens (tertiary/aromatic N) is 5. The molecule has 0 radical (unpaired) electrons. The topological polar surface area (TPSA) is 222 Å². The van der Waals surface area contributed by atoms with E-state index in [-0.39, 0.29) is 26.7 Å². The Bertz CT molecular complexity index is 1870. The van der Waals surface area contributed by atoms with Crippen LogP contribution < -0.4 is 9.47 Å². The minimum atomic E-state index is -4.42. The fourth-order valence-electron chi connectivity index (χ4n) is 4.28. The summed E-state index contributed by atoms with van der Waals surface area (Å²) in [6.07, 6.45) is 0. The van der Waals surface area contributed by atoms with E-state index < -0.39 is 58.2 Å². The van der Waals surface area contributed by atoms with Crippen molar-refractivity contribution in [1.29, 1.82) is 0 Å². The largest absolute Gasteiger partial charge is 0.497 e. The zero-order valence-electron chi connectivity index (χ0n) is 23.9. The minimum Gasteiger partial charge on any atom is -0.497 e. The Balaban J connectivity index is 1.80. The number of nitrogens with one attached hydrogen (secondary N) is 1. The summed E-state index contributed by atoms with van der Waals surface area (Å²) in [5, 5.41) is 32.8. The highest BCUT2D eigenvalue weighted by molar-refractivity contribution is 7.89. The van der Waals surface area contributed by atoms with Gasteiger partial charge in [-0.2, -0.15) is 13.8 Å². The summed E-state index contributed by atoms with van der Waals surface area (Å²) in [6.45, 7) is -2.91. The maximum Gasteiger partial charge on any atom is 0.318 e. The number of carboxylic acids is 2. The van der Waals surface area contributed by atoms with Crippen molar-refractivity contribution in [2.24, 2.45) is 0 Å². The number of methoxy groups -OCH3 is 2. The third kappa shape index (κ3) is 7.79. The Morgan fingerprint density at radius 3 is 1.60 bits per heavy atom. The number of rotatable bonds is 15. The van der Waals surface area contributed by atoms with E-state index in [4.69, 9.17) is 9.47 Å². The van der Waals surface area contributed by atoms with E-state index in [1.807, 2.05) is 0 Å². The third-order valence-corrected chi connectivity index (χ3v) is 10.1. The van der Waals surface area contributed by atoms with Gasteiger partial charge in [-0.3, -0.25) is 9.59 Å². The highest BCUT2D eigenvalue weighted by Gasteiger charge is 2.31. The summed E-state index contributed by atoms with van der Waals surface area (Å²) in [7, 11) is -6.01. The average molecular weight is 661 g/mol. The smallest absolute Gasteiger partial charge is 0.318 e. The lowest BCUT2D eigenvalue weighted by Crippen LogP contribution is -2.37. The van der Waals surface area contributed by atoms with Crippen molar-refractivity contribution >= 4 is 32.0 Å². The molecule has 0 saturated heterocycles. The number of benzene rings is 3. The number of aromatic amines is 1. The second-order valence-electron chi connectivity index (χ2n) is 9.40. The molecule has 3 aromatic carbocycles. The quantitative estimate of drug-likeness (QED) is 0.164. The van der Waals surface area contributed by atoms with Crippen molar-refractivity contribution in [3.05, 3.63) is 77.9 Å². The maximum atomic E-state index is 13.6.